The summed E-state index contributed by atoms with van der Waals surface area (Å²) in [6.45, 7) is 0.457. The largest absolute Gasteiger partial charge is 0.493 e. The molecule has 1 aromatic heterocycles. The molecule has 3 aromatic rings. The summed E-state index contributed by atoms with van der Waals surface area (Å²) in [6.07, 6.45) is 1.56. The number of hydrogen-bond donors (Lipinski definition) is 2. The van der Waals surface area contributed by atoms with Crippen molar-refractivity contribution in [3.8, 4) is 11.5 Å². The Hall–Kier alpha value is -4.42. The fourth-order valence-electron chi connectivity index (χ4n) is 4.63. The van der Waals surface area contributed by atoms with Gasteiger partial charge >= 0.3 is 5.97 Å². The van der Waals surface area contributed by atoms with E-state index in [1.165, 1.54) is 43.6 Å². The summed E-state index contributed by atoms with van der Waals surface area (Å²) in [6, 6.07) is 13.3. The molecule has 2 heterocycles. The van der Waals surface area contributed by atoms with Crippen molar-refractivity contribution in [2.24, 2.45) is 0 Å². The number of thiophene rings is 1. The van der Waals surface area contributed by atoms with Gasteiger partial charge in [-0.05, 0) is 60.2 Å². The van der Waals surface area contributed by atoms with Gasteiger partial charge in [-0.1, -0.05) is 18.2 Å². The third kappa shape index (κ3) is 7.25. The lowest BCUT2D eigenvalue weighted by molar-refractivity contribution is -0.126. The molecule has 0 spiro atoms. The van der Waals surface area contributed by atoms with E-state index >= 15 is 0 Å². The van der Waals surface area contributed by atoms with Crippen LogP contribution in [0, 0.1) is 0 Å². The second-order valence-electron chi connectivity index (χ2n) is 9.36. The standard InChI is InChI=1S/C30H33N3O8S/c1-38-23-12-11-19(16-24(23)39-2)27(29(36)31-17-22-9-5-13-41-22)33(21-8-4-7-20(15-21)30(37)40-3)26(34)18-32-28(35)25-10-6-14-42-25/h4,6-8,10-12,14-16,22,27H,5,9,13,17-18H2,1-3H3,(H,31,36)(H,32,35)/t22-,27-/m0/s1. The van der Waals surface area contributed by atoms with E-state index in [0.717, 1.165) is 12.8 Å². The summed E-state index contributed by atoms with van der Waals surface area (Å²) in [5.41, 5.74) is 0.848. The van der Waals surface area contributed by atoms with Gasteiger partial charge in [-0.3, -0.25) is 19.3 Å². The van der Waals surface area contributed by atoms with Crippen LogP contribution in [0.25, 0.3) is 0 Å². The van der Waals surface area contributed by atoms with Crippen molar-refractivity contribution in [2.75, 3.05) is 45.9 Å². The van der Waals surface area contributed by atoms with Crippen LogP contribution in [-0.4, -0.2) is 70.8 Å². The van der Waals surface area contributed by atoms with Gasteiger partial charge in [-0.25, -0.2) is 4.79 Å². The Bertz CT molecular complexity index is 1410. The molecule has 42 heavy (non-hydrogen) atoms. The minimum absolute atomic E-state index is 0.142. The molecule has 0 unspecified atom stereocenters. The number of methoxy groups -OCH3 is 3. The van der Waals surface area contributed by atoms with Crippen LogP contribution in [0.5, 0.6) is 11.5 Å². The Morgan fingerprint density at radius 2 is 1.81 bits per heavy atom. The molecule has 1 aliphatic rings. The predicted octanol–water partition coefficient (Wildman–Crippen LogP) is 3.35. The molecule has 1 aliphatic heterocycles. The molecule has 2 N–H and O–H groups in total. The van der Waals surface area contributed by atoms with Gasteiger partial charge in [-0.2, -0.15) is 0 Å². The number of rotatable bonds is 12. The Morgan fingerprint density at radius 1 is 1.00 bits per heavy atom. The molecule has 2 atom stereocenters. The molecule has 1 saturated heterocycles. The summed E-state index contributed by atoms with van der Waals surface area (Å²) in [4.78, 5) is 54.7. The molecule has 0 aliphatic carbocycles. The average molecular weight is 596 g/mol. The quantitative estimate of drug-likeness (QED) is 0.305. The van der Waals surface area contributed by atoms with Crippen LogP contribution in [0.4, 0.5) is 5.69 Å². The lowest BCUT2D eigenvalue weighted by Crippen LogP contribution is -2.48. The first-order valence-electron chi connectivity index (χ1n) is 13.3. The normalized spacial score (nSPS) is 14.9. The number of amides is 3. The van der Waals surface area contributed by atoms with E-state index < -0.39 is 36.3 Å². The van der Waals surface area contributed by atoms with Crippen LogP contribution in [0.1, 0.15) is 44.5 Å². The van der Waals surface area contributed by atoms with E-state index in [2.05, 4.69) is 10.6 Å². The van der Waals surface area contributed by atoms with Crippen molar-refractivity contribution in [3.63, 3.8) is 0 Å². The first-order valence-corrected chi connectivity index (χ1v) is 14.2. The maximum atomic E-state index is 14.0. The Balaban J connectivity index is 1.76. The van der Waals surface area contributed by atoms with Crippen LogP contribution < -0.4 is 25.0 Å². The topological polar surface area (TPSA) is 132 Å². The van der Waals surface area contributed by atoms with E-state index in [1.54, 1.807) is 53.9 Å². The number of carbonyl (C=O) groups excluding carboxylic acids is 4. The van der Waals surface area contributed by atoms with E-state index in [0.29, 0.717) is 28.5 Å². The number of hydrogen-bond acceptors (Lipinski definition) is 9. The summed E-state index contributed by atoms with van der Waals surface area (Å²) in [5.74, 6) is -1.32. The lowest BCUT2D eigenvalue weighted by atomic mass is 10.0. The number of esters is 1. The molecule has 2 aromatic carbocycles. The molecule has 0 saturated carbocycles. The fraction of sp³-hybridized carbons (Fsp3) is 0.333. The van der Waals surface area contributed by atoms with Crippen molar-refractivity contribution in [1.29, 1.82) is 0 Å². The van der Waals surface area contributed by atoms with Crippen LogP contribution in [0.3, 0.4) is 0 Å². The number of carbonyl (C=O) groups is 4. The number of ether oxygens (including phenoxy) is 4. The van der Waals surface area contributed by atoms with Crippen LogP contribution in [0.2, 0.25) is 0 Å². The van der Waals surface area contributed by atoms with Crippen molar-refractivity contribution in [3.05, 3.63) is 76.0 Å². The molecule has 222 valence electrons. The highest BCUT2D eigenvalue weighted by atomic mass is 32.1. The van der Waals surface area contributed by atoms with Gasteiger partial charge in [0.1, 0.15) is 6.04 Å². The molecular formula is C30H33N3O8S. The van der Waals surface area contributed by atoms with Crippen molar-refractivity contribution in [1.82, 2.24) is 10.6 Å². The molecular weight excluding hydrogens is 562 g/mol. The van der Waals surface area contributed by atoms with Crippen molar-refractivity contribution < 1.29 is 38.1 Å². The molecule has 0 radical (unpaired) electrons. The van der Waals surface area contributed by atoms with Gasteiger partial charge in [0.05, 0.1) is 44.4 Å². The zero-order valence-corrected chi connectivity index (χ0v) is 24.4. The highest BCUT2D eigenvalue weighted by Gasteiger charge is 2.34. The van der Waals surface area contributed by atoms with Gasteiger partial charge in [0.2, 0.25) is 11.8 Å². The first-order chi connectivity index (χ1) is 20.4. The highest BCUT2D eigenvalue weighted by Crippen LogP contribution is 2.35. The highest BCUT2D eigenvalue weighted by molar-refractivity contribution is 7.12. The minimum atomic E-state index is -1.22. The summed E-state index contributed by atoms with van der Waals surface area (Å²) in [7, 11) is 4.22. The zero-order chi connectivity index (χ0) is 30.1. The fourth-order valence-corrected chi connectivity index (χ4v) is 5.27. The van der Waals surface area contributed by atoms with E-state index in [-0.39, 0.29) is 23.9 Å². The van der Waals surface area contributed by atoms with E-state index in [9.17, 15) is 19.2 Å². The molecule has 11 nitrogen and oxygen atoms in total. The van der Waals surface area contributed by atoms with Gasteiger partial charge in [-0.15, -0.1) is 11.3 Å². The molecule has 12 heteroatoms. The maximum Gasteiger partial charge on any atom is 0.337 e. The van der Waals surface area contributed by atoms with E-state index in [4.69, 9.17) is 18.9 Å². The minimum Gasteiger partial charge on any atom is -0.493 e. The molecule has 3 amide bonds. The van der Waals surface area contributed by atoms with Crippen molar-refractivity contribution in [2.45, 2.75) is 25.0 Å². The maximum absolute atomic E-state index is 14.0. The second-order valence-corrected chi connectivity index (χ2v) is 10.3. The monoisotopic (exact) mass is 595 g/mol. The second kappa shape index (κ2) is 14.5. The lowest BCUT2D eigenvalue weighted by Gasteiger charge is -2.32. The Morgan fingerprint density at radius 3 is 2.48 bits per heavy atom. The number of nitrogens with zero attached hydrogens (tertiary/aromatic N) is 1. The molecule has 1 fully saturated rings. The first kappa shape index (κ1) is 30.5. The third-order valence-corrected chi connectivity index (χ3v) is 7.59. The number of anilines is 1. The Labute approximate surface area is 247 Å². The number of nitrogens with one attached hydrogen (secondary N) is 2. The third-order valence-electron chi connectivity index (χ3n) is 6.72. The Kier molecular flexibility index (Phi) is 10.5. The van der Waals surface area contributed by atoms with Crippen molar-refractivity contribution >= 4 is 40.7 Å². The number of benzene rings is 2. The summed E-state index contributed by atoms with van der Waals surface area (Å²) < 4.78 is 21.4. The predicted molar refractivity (Wildman–Crippen MR) is 156 cm³/mol. The smallest absolute Gasteiger partial charge is 0.337 e. The molecule has 0 bridgehead atoms. The van der Waals surface area contributed by atoms with Gasteiger partial charge in [0.15, 0.2) is 11.5 Å². The summed E-state index contributed by atoms with van der Waals surface area (Å²) >= 11 is 1.24. The molecule has 4 rings (SSSR count). The van der Waals surface area contributed by atoms with Crippen LogP contribution >= 0.6 is 11.3 Å². The van der Waals surface area contributed by atoms with Crippen LogP contribution in [0.15, 0.2) is 60.0 Å². The van der Waals surface area contributed by atoms with Crippen LogP contribution in [-0.2, 0) is 19.1 Å². The van der Waals surface area contributed by atoms with Gasteiger partial charge < -0.3 is 29.6 Å². The van der Waals surface area contributed by atoms with E-state index in [1.807, 2.05) is 0 Å². The zero-order valence-electron chi connectivity index (χ0n) is 23.6. The van der Waals surface area contributed by atoms with Gasteiger partial charge in [0.25, 0.3) is 5.91 Å². The van der Waals surface area contributed by atoms with Gasteiger partial charge in [0, 0.05) is 18.8 Å². The average Bonchev–Trinajstić information content (AvgIpc) is 3.75. The summed E-state index contributed by atoms with van der Waals surface area (Å²) in [5, 5.41) is 7.32. The SMILES string of the molecule is COC(=O)c1cccc(N(C(=O)CNC(=O)c2cccs2)[C@H](C(=O)NC[C@@H]2CCCO2)c2ccc(OC)c(OC)c2)c1.